The van der Waals surface area contributed by atoms with Gasteiger partial charge >= 0.3 is 0 Å². The van der Waals surface area contributed by atoms with Gasteiger partial charge < -0.3 is 0 Å². The van der Waals surface area contributed by atoms with Crippen LogP contribution >= 0.6 is 0 Å². The van der Waals surface area contributed by atoms with Crippen LogP contribution in [0.3, 0.4) is 0 Å². The molecule has 1 rings (SSSR count). The van der Waals surface area contributed by atoms with E-state index in [9.17, 15) is 9.59 Å². The summed E-state index contributed by atoms with van der Waals surface area (Å²) in [6.45, 7) is 7.35. The lowest BCUT2D eigenvalue weighted by molar-refractivity contribution is -0.111. The van der Waals surface area contributed by atoms with Crippen LogP contribution in [0.5, 0.6) is 0 Å². The molecule has 0 fully saturated rings. The van der Waals surface area contributed by atoms with E-state index in [4.69, 9.17) is 0 Å². The summed E-state index contributed by atoms with van der Waals surface area (Å²) in [7, 11) is 0. The Labute approximate surface area is 191 Å². The van der Waals surface area contributed by atoms with Crippen molar-refractivity contribution >= 4 is 11.6 Å². The van der Waals surface area contributed by atoms with Crippen molar-refractivity contribution in [3.63, 3.8) is 0 Å². The molecule has 2 heteroatoms. The fourth-order valence-corrected chi connectivity index (χ4v) is 1.95. The summed E-state index contributed by atoms with van der Waals surface area (Å²) in [5.41, 5.74) is 3.13. The topological polar surface area (TPSA) is 34.1 Å². The first-order valence-corrected chi connectivity index (χ1v) is 9.88. The van der Waals surface area contributed by atoms with E-state index >= 15 is 0 Å². The van der Waals surface area contributed by atoms with Gasteiger partial charge in [-0.2, -0.15) is 0 Å². The lowest BCUT2D eigenvalue weighted by atomic mass is 10.2. The van der Waals surface area contributed by atoms with E-state index < -0.39 is 0 Å². The van der Waals surface area contributed by atoms with Crippen molar-refractivity contribution in [3.8, 4) is 47.4 Å². The minimum Gasteiger partial charge on any atom is -0.290 e. The number of allylic oxidation sites excluding steroid dienone is 16. The molecule has 0 radical (unpaired) electrons. The highest BCUT2D eigenvalue weighted by molar-refractivity contribution is 6.00. The Morgan fingerprint density at radius 3 is 0.875 bits per heavy atom. The third-order valence-corrected chi connectivity index (χ3v) is 3.59. The minimum absolute atomic E-state index is 0.138. The van der Waals surface area contributed by atoms with Gasteiger partial charge in [-0.1, -0.05) is 72.3 Å². The summed E-state index contributed by atoms with van der Waals surface area (Å²) in [5, 5.41) is 0. The van der Waals surface area contributed by atoms with Crippen molar-refractivity contribution in [2.24, 2.45) is 0 Å². The maximum atomic E-state index is 11.9. The molecule has 0 bridgehead atoms. The smallest absolute Gasteiger partial charge is 0.178 e. The van der Waals surface area contributed by atoms with E-state index in [-0.39, 0.29) is 11.6 Å². The summed E-state index contributed by atoms with van der Waals surface area (Å²) < 4.78 is 0. The lowest BCUT2D eigenvalue weighted by Gasteiger charge is -1.85. The Hall–Kier alpha value is -4.50. The standard InChI is InChI=1S/C30H24O2/c1-25-13-5-6-14-26(2)18-11-23-30(32)24-12-20-28(4)16-8-7-15-27(3)19-10-22-29(31)21-9-17-25/h9-12,17-24H,1-4H3/b21-9+,22-10+,23-11+,24-12+,25-17-,26-18?,27-19?,28-20-. The number of hydrogen-bond donors (Lipinski definition) is 0. The summed E-state index contributed by atoms with van der Waals surface area (Å²) >= 11 is 0. The Balaban J connectivity index is 3.16. The first-order valence-electron chi connectivity index (χ1n) is 9.88. The Bertz CT molecular complexity index is 1040. The van der Waals surface area contributed by atoms with Crippen LogP contribution in [0.15, 0.2) is 95.2 Å². The van der Waals surface area contributed by atoms with E-state index in [1.165, 1.54) is 24.3 Å². The molecular weight excluding hydrogens is 392 g/mol. The zero-order chi connectivity index (χ0) is 23.6. The fourth-order valence-electron chi connectivity index (χ4n) is 1.95. The Kier molecular flexibility index (Phi) is 12.3. The van der Waals surface area contributed by atoms with Crippen LogP contribution in [-0.2, 0) is 9.59 Å². The second-order valence-corrected chi connectivity index (χ2v) is 6.64. The van der Waals surface area contributed by atoms with E-state index in [2.05, 4.69) is 47.4 Å². The van der Waals surface area contributed by atoms with Crippen molar-refractivity contribution in [3.05, 3.63) is 95.2 Å². The molecule has 1 aliphatic carbocycles. The quantitative estimate of drug-likeness (QED) is 0.511. The molecule has 32 heavy (non-hydrogen) atoms. The van der Waals surface area contributed by atoms with Crippen LogP contribution in [0, 0.1) is 47.4 Å². The van der Waals surface area contributed by atoms with Crippen molar-refractivity contribution in [1.82, 2.24) is 0 Å². The molecule has 0 aromatic carbocycles. The van der Waals surface area contributed by atoms with Crippen molar-refractivity contribution in [1.29, 1.82) is 0 Å². The highest BCUT2D eigenvalue weighted by atomic mass is 16.1. The van der Waals surface area contributed by atoms with Crippen molar-refractivity contribution in [2.45, 2.75) is 27.7 Å². The predicted octanol–water partition coefficient (Wildman–Crippen LogP) is 5.16. The second kappa shape index (κ2) is 15.4. The van der Waals surface area contributed by atoms with Crippen molar-refractivity contribution < 1.29 is 9.59 Å². The number of hydrogen-bond acceptors (Lipinski definition) is 2. The van der Waals surface area contributed by atoms with Gasteiger partial charge in [0.15, 0.2) is 11.6 Å². The third-order valence-electron chi connectivity index (χ3n) is 3.59. The molecule has 0 aromatic heterocycles. The van der Waals surface area contributed by atoms with Crippen LogP contribution in [0.4, 0.5) is 0 Å². The SMILES string of the molecule is CC1=C/C=C/C(=O)/C=C/C=C(/C)C#CC#CC(C)=C/C=C/C(=O)/C=C/C=C(/C)C#CC#C1. The van der Waals surface area contributed by atoms with E-state index in [1.54, 1.807) is 48.6 Å². The van der Waals surface area contributed by atoms with Gasteiger partial charge in [-0.15, -0.1) is 0 Å². The van der Waals surface area contributed by atoms with Gasteiger partial charge in [0.25, 0.3) is 0 Å². The Morgan fingerprint density at radius 1 is 0.438 bits per heavy atom. The van der Waals surface area contributed by atoms with E-state index in [0.717, 1.165) is 22.3 Å². The molecule has 1 aliphatic rings. The van der Waals surface area contributed by atoms with Crippen molar-refractivity contribution in [2.75, 3.05) is 0 Å². The van der Waals surface area contributed by atoms with Gasteiger partial charge in [-0.3, -0.25) is 9.59 Å². The molecule has 0 saturated carbocycles. The third kappa shape index (κ3) is 13.6. The van der Waals surface area contributed by atoms with Crippen LogP contribution < -0.4 is 0 Å². The van der Waals surface area contributed by atoms with Crippen LogP contribution in [-0.4, -0.2) is 11.6 Å². The van der Waals surface area contributed by atoms with E-state index in [0.29, 0.717) is 0 Å². The molecule has 0 aromatic rings. The summed E-state index contributed by atoms with van der Waals surface area (Å²) in [6.07, 6.45) is 19.4. The average molecular weight is 417 g/mol. The Morgan fingerprint density at radius 2 is 0.656 bits per heavy atom. The minimum atomic E-state index is -0.138. The monoisotopic (exact) mass is 416 g/mol. The molecule has 0 N–H and O–H groups in total. The number of ketones is 2. The molecule has 0 aliphatic heterocycles. The van der Waals surface area contributed by atoms with Crippen LogP contribution in [0.1, 0.15) is 27.7 Å². The normalized spacial score (nSPS) is 22.5. The fraction of sp³-hybridized carbons (Fsp3) is 0.133. The highest BCUT2D eigenvalue weighted by Crippen LogP contribution is 1.95. The van der Waals surface area contributed by atoms with Crippen LogP contribution in [0.25, 0.3) is 0 Å². The van der Waals surface area contributed by atoms with Gasteiger partial charge in [-0.25, -0.2) is 0 Å². The molecule has 156 valence electrons. The number of carbonyl (C=O) groups excluding carboxylic acids is 2. The number of carbonyl (C=O) groups is 2. The molecule has 2 nitrogen and oxygen atoms in total. The van der Waals surface area contributed by atoms with Gasteiger partial charge in [0.05, 0.1) is 0 Å². The predicted molar refractivity (Wildman–Crippen MR) is 133 cm³/mol. The molecule has 0 saturated heterocycles. The summed E-state index contributed by atoms with van der Waals surface area (Å²) in [4.78, 5) is 23.7. The molecule has 0 heterocycles. The average Bonchev–Trinajstić information content (AvgIpc) is 2.74. The van der Waals surface area contributed by atoms with Gasteiger partial charge in [0.1, 0.15) is 0 Å². The summed E-state index contributed by atoms with van der Waals surface area (Å²) in [6, 6.07) is 0. The van der Waals surface area contributed by atoms with E-state index in [1.807, 2.05) is 27.7 Å². The maximum absolute atomic E-state index is 11.9. The molecule has 0 amide bonds. The second-order valence-electron chi connectivity index (χ2n) is 6.64. The lowest BCUT2D eigenvalue weighted by Crippen LogP contribution is -1.83. The molecule has 0 spiro atoms. The highest BCUT2D eigenvalue weighted by Gasteiger charge is 1.88. The molecule has 0 atom stereocenters. The van der Waals surface area contributed by atoms with Gasteiger partial charge in [0, 0.05) is 0 Å². The zero-order valence-corrected chi connectivity index (χ0v) is 18.7. The van der Waals surface area contributed by atoms with Gasteiger partial charge in [-0.05, 0) is 98.0 Å². The molecular formula is C30H24O2. The number of rotatable bonds is 0. The summed E-state index contributed by atoms with van der Waals surface area (Å²) in [5.74, 6) is 22.4. The van der Waals surface area contributed by atoms with Gasteiger partial charge in [0.2, 0.25) is 0 Å². The largest absolute Gasteiger partial charge is 0.290 e. The van der Waals surface area contributed by atoms with Crippen LogP contribution in [0.2, 0.25) is 0 Å². The molecule has 0 unspecified atom stereocenters. The first-order chi connectivity index (χ1) is 15.4. The maximum Gasteiger partial charge on any atom is 0.178 e. The first kappa shape index (κ1) is 25.5. The zero-order valence-electron chi connectivity index (χ0n) is 18.7.